The SMILES string of the molecule is c1ccc(-n2c3ccccc3c3c(-n4c5ccccc5c5cc6c7ccccc7n7c8ccc9ccccc9c8c(c54)c67)cncc32)cc1. The Kier molecular flexibility index (Phi) is 4.69. The zero-order valence-corrected chi connectivity index (χ0v) is 26.3. The average Bonchev–Trinajstić information content (AvgIpc) is 3.89. The molecule has 4 heteroatoms. The van der Waals surface area contributed by atoms with Crippen molar-refractivity contribution in [2.75, 3.05) is 0 Å². The zero-order chi connectivity index (χ0) is 31.8. The van der Waals surface area contributed by atoms with Gasteiger partial charge in [-0.2, -0.15) is 0 Å². The van der Waals surface area contributed by atoms with Gasteiger partial charge in [0, 0.05) is 48.8 Å². The number of benzene rings is 7. The Balaban J connectivity index is 1.38. The largest absolute Gasteiger partial charge is 0.308 e. The summed E-state index contributed by atoms with van der Waals surface area (Å²) in [5, 5.41) is 12.6. The van der Waals surface area contributed by atoms with Crippen LogP contribution >= 0.6 is 0 Å². The first kappa shape index (κ1) is 25.4. The third kappa shape index (κ3) is 3.07. The van der Waals surface area contributed by atoms with Gasteiger partial charge in [-0.05, 0) is 53.2 Å². The number of hydrogen-bond acceptors (Lipinski definition) is 1. The van der Waals surface area contributed by atoms with Gasteiger partial charge in [-0.15, -0.1) is 0 Å². The molecule has 5 aromatic heterocycles. The van der Waals surface area contributed by atoms with E-state index in [0.29, 0.717) is 0 Å². The van der Waals surface area contributed by atoms with Crippen LogP contribution in [-0.4, -0.2) is 18.5 Å². The molecular formula is C45H26N4. The third-order valence-corrected chi connectivity index (χ3v) is 10.8. The fourth-order valence-corrected chi connectivity index (χ4v) is 8.94. The van der Waals surface area contributed by atoms with Crippen LogP contribution in [0, 0.1) is 0 Å². The fraction of sp³-hybridized carbons (Fsp3) is 0. The number of hydrogen-bond donors (Lipinski definition) is 0. The molecule has 0 atom stereocenters. The lowest BCUT2D eigenvalue weighted by Gasteiger charge is -2.12. The Bertz CT molecular complexity index is 3320. The number of para-hydroxylation sites is 4. The zero-order valence-electron chi connectivity index (χ0n) is 26.3. The standard InChI is InChI=1S/C45H26N4/c1-2-13-28(14-3-1)47-37-21-11-8-18-32(37)41-39(47)25-46-26-40(41)49-36-20-10-7-17-31(36)34-24-33-30-16-6-9-19-35(30)48-38-23-22-27-12-4-5-15-29(27)42(38)43(44(33)48)45(34)49/h1-26H. The number of aromatic nitrogens is 4. The summed E-state index contributed by atoms with van der Waals surface area (Å²) in [5.74, 6) is 0. The number of nitrogens with zero attached hydrogens (tertiary/aromatic N) is 4. The van der Waals surface area contributed by atoms with Gasteiger partial charge in [0.05, 0.1) is 56.7 Å². The molecule has 7 aromatic carbocycles. The molecule has 5 heterocycles. The van der Waals surface area contributed by atoms with Crippen molar-refractivity contribution in [1.29, 1.82) is 0 Å². The highest BCUT2D eigenvalue weighted by Gasteiger charge is 2.26. The topological polar surface area (TPSA) is 27.2 Å². The second-order valence-corrected chi connectivity index (χ2v) is 13.2. The lowest BCUT2D eigenvalue weighted by molar-refractivity contribution is 1.14. The van der Waals surface area contributed by atoms with Crippen LogP contribution in [0.5, 0.6) is 0 Å². The minimum absolute atomic E-state index is 1.08. The Morgan fingerprint density at radius 2 is 1.00 bits per heavy atom. The molecule has 0 aliphatic carbocycles. The van der Waals surface area contributed by atoms with Crippen molar-refractivity contribution in [3.8, 4) is 11.4 Å². The van der Waals surface area contributed by atoms with E-state index in [-0.39, 0.29) is 0 Å². The van der Waals surface area contributed by atoms with Crippen LogP contribution in [0.25, 0.3) is 104 Å². The van der Waals surface area contributed by atoms with E-state index < -0.39 is 0 Å². The molecule has 0 radical (unpaired) electrons. The van der Waals surface area contributed by atoms with Crippen LogP contribution in [-0.2, 0) is 0 Å². The second-order valence-electron chi connectivity index (χ2n) is 13.2. The van der Waals surface area contributed by atoms with Crippen LogP contribution in [0.4, 0.5) is 0 Å². The molecule has 12 aromatic rings. The molecule has 0 spiro atoms. The summed E-state index contributed by atoms with van der Waals surface area (Å²) in [5.41, 5.74) is 10.6. The van der Waals surface area contributed by atoms with Crippen molar-refractivity contribution in [3.05, 3.63) is 158 Å². The van der Waals surface area contributed by atoms with Crippen molar-refractivity contribution < 1.29 is 0 Å². The second kappa shape index (κ2) is 9.03. The molecule has 0 fully saturated rings. The summed E-state index contributed by atoms with van der Waals surface area (Å²) in [4.78, 5) is 4.98. The highest BCUT2D eigenvalue weighted by Crippen LogP contribution is 2.49. The van der Waals surface area contributed by atoms with Gasteiger partial charge in [0.15, 0.2) is 0 Å². The summed E-state index contributed by atoms with van der Waals surface area (Å²) in [6.45, 7) is 0. The first-order valence-corrected chi connectivity index (χ1v) is 16.8. The Hall–Kier alpha value is -6.65. The maximum Gasteiger partial charge on any atom is 0.0746 e. The molecule has 0 amide bonds. The molecule has 12 rings (SSSR count). The lowest BCUT2D eigenvalue weighted by Crippen LogP contribution is -1.98. The molecule has 0 saturated heterocycles. The van der Waals surface area contributed by atoms with E-state index in [1.165, 1.54) is 87.0 Å². The first-order chi connectivity index (χ1) is 24.4. The van der Waals surface area contributed by atoms with Crippen LogP contribution in [0.2, 0.25) is 0 Å². The summed E-state index contributed by atoms with van der Waals surface area (Å²) < 4.78 is 7.37. The van der Waals surface area contributed by atoms with Gasteiger partial charge in [-0.25, -0.2) is 0 Å². The molecule has 0 unspecified atom stereocenters. The molecule has 0 N–H and O–H groups in total. The molecule has 49 heavy (non-hydrogen) atoms. The van der Waals surface area contributed by atoms with Crippen LogP contribution < -0.4 is 0 Å². The van der Waals surface area contributed by atoms with Crippen LogP contribution in [0.3, 0.4) is 0 Å². The molecule has 0 aliphatic heterocycles. The van der Waals surface area contributed by atoms with Crippen LogP contribution in [0.15, 0.2) is 158 Å². The van der Waals surface area contributed by atoms with Gasteiger partial charge in [-0.3, -0.25) is 4.98 Å². The highest BCUT2D eigenvalue weighted by molar-refractivity contribution is 6.37. The van der Waals surface area contributed by atoms with E-state index in [9.17, 15) is 0 Å². The van der Waals surface area contributed by atoms with Crippen molar-refractivity contribution in [2.45, 2.75) is 0 Å². The molecule has 226 valence electrons. The maximum atomic E-state index is 4.98. The van der Waals surface area contributed by atoms with Crippen molar-refractivity contribution >= 4 is 92.5 Å². The molecule has 4 nitrogen and oxygen atoms in total. The third-order valence-electron chi connectivity index (χ3n) is 10.8. The van der Waals surface area contributed by atoms with Crippen molar-refractivity contribution in [2.24, 2.45) is 0 Å². The first-order valence-electron chi connectivity index (χ1n) is 16.8. The summed E-state index contributed by atoms with van der Waals surface area (Å²) in [6.07, 6.45) is 4.10. The van der Waals surface area contributed by atoms with Gasteiger partial charge >= 0.3 is 0 Å². The van der Waals surface area contributed by atoms with Gasteiger partial charge in [-0.1, -0.05) is 103 Å². The van der Waals surface area contributed by atoms with Crippen molar-refractivity contribution in [1.82, 2.24) is 18.5 Å². The summed E-state index contributed by atoms with van der Waals surface area (Å²) in [6, 6.07) is 53.0. The van der Waals surface area contributed by atoms with E-state index in [4.69, 9.17) is 4.98 Å². The summed E-state index contributed by atoms with van der Waals surface area (Å²) in [7, 11) is 0. The monoisotopic (exact) mass is 622 g/mol. The van der Waals surface area contributed by atoms with Gasteiger partial charge < -0.3 is 13.5 Å². The smallest absolute Gasteiger partial charge is 0.0746 e. The van der Waals surface area contributed by atoms with E-state index in [1.807, 2.05) is 6.20 Å². The molecule has 0 bridgehead atoms. The molecular weight excluding hydrogens is 597 g/mol. The summed E-state index contributed by atoms with van der Waals surface area (Å²) >= 11 is 0. The molecule has 0 aliphatic rings. The number of pyridine rings is 1. The van der Waals surface area contributed by atoms with Gasteiger partial charge in [0.1, 0.15) is 0 Å². The quantitative estimate of drug-likeness (QED) is 0.188. The van der Waals surface area contributed by atoms with E-state index in [2.05, 4.69) is 165 Å². The van der Waals surface area contributed by atoms with Gasteiger partial charge in [0.25, 0.3) is 0 Å². The Morgan fingerprint density at radius 1 is 0.367 bits per heavy atom. The average molecular weight is 623 g/mol. The van der Waals surface area contributed by atoms with E-state index in [1.54, 1.807) is 0 Å². The number of rotatable bonds is 2. The maximum absolute atomic E-state index is 4.98. The molecule has 0 saturated carbocycles. The van der Waals surface area contributed by atoms with E-state index >= 15 is 0 Å². The van der Waals surface area contributed by atoms with Gasteiger partial charge in [0.2, 0.25) is 0 Å². The predicted molar refractivity (Wildman–Crippen MR) is 205 cm³/mol. The predicted octanol–water partition coefficient (Wildman–Crippen LogP) is 11.6. The van der Waals surface area contributed by atoms with Crippen molar-refractivity contribution in [3.63, 3.8) is 0 Å². The minimum atomic E-state index is 1.08. The lowest BCUT2D eigenvalue weighted by atomic mass is 9.99. The highest BCUT2D eigenvalue weighted by atomic mass is 15.0. The fourth-order valence-electron chi connectivity index (χ4n) is 8.94. The Labute approximate surface area is 279 Å². The van der Waals surface area contributed by atoms with E-state index in [0.717, 1.165) is 16.9 Å². The Morgan fingerprint density at radius 3 is 1.82 bits per heavy atom. The normalized spacial score (nSPS) is 12.5. The number of fused-ring (bicyclic) bond motifs is 15. The van der Waals surface area contributed by atoms with Crippen LogP contribution in [0.1, 0.15) is 0 Å². The minimum Gasteiger partial charge on any atom is -0.308 e.